The number of esters is 1. The zero-order valence-electron chi connectivity index (χ0n) is 12.2. The van der Waals surface area contributed by atoms with Gasteiger partial charge in [-0.1, -0.05) is 32.9 Å². The van der Waals surface area contributed by atoms with Crippen LogP contribution in [0.15, 0.2) is 18.2 Å². The standard InChI is InChI=1S/C15H23NO2/c1-11-7-8-12(15(2,3)4)9-13(11)16(5)10-14(17)18-6/h7-9H,10H2,1-6H3. The lowest BCUT2D eigenvalue weighted by Gasteiger charge is -2.25. The Morgan fingerprint density at radius 3 is 2.44 bits per heavy atom. The van der Waals surface area contributed by atoms with Gasteiger partial charge in [0.25, 0.3) is 0 Å². The lowest BCUT2D eigenvalue weighted by atomic mass is 9.86. The summed E-state index contributed by atoms with van der Waals surface area (Å²) in [5, 5.41) is 0. The van der Waals surface area contributed by atoms with Crippen molar-refractivity contribution in [2.24, 2.45) is 0 Å². The first-order valence-corrected chi connectivity index (χ1v) is 6.15. The van der Waals surface area contributed by atoms with Crippen molar-refractivity contribution < 1.29 is 9.53 Å². The topological polar surface area (TPSA) is 29.5 Å². The van der Waals surface area contributed by atoms with Crippen molar-refractivity contribution in [2.45, 2.75) is 33.1 Å². The number of methoxy groups -OCH3 is 1. The first-order valence-electron chi connectivity index (χ1n) is 6.15. The van der Waals surface area contributed by atoms with Crippen LogP contribution in [0.4, 0.5) is 5.69 Å². The molecule has 100 valence electrons. The lowest BCUT2D eigenvalue weighted by molar-refractivity contribution is -0.138. The molecule has 0 bridgehead atoms. The molecule has 0 radical (unpaired) electrons. The maximum Gasteiger partial charge on any atom is 0.325 e. The lowest BCUT2D eigenvalue weighted by Crippen LogP contribution is -2.27. The van der Waals surface area contributed by atoms with Crippen LogP contribution in [0.3, 0.4) is 0 Å². The third-order valence-corrected chi connectivity index (χ3v) is 3.08. The van der Waals surface area contributed by atoms with Crippen LogP contribution in [-0.2, 0) is 14.9 Å². The van der Waals surface area contributed by atoms with Crippen molar-refractivity contribution in [3.63, 3.8) is 0 Å². The van der Waals surface area contributed by atoms with Crippen LogP contribution < -0.4 is 4.90 Å². The number of ether oxygens (including phenoxy) is 1. The number of carbonyl (C=O) groups excluding carboxylic acids is 1. The van der Waals surface area contributed by atoms with Crippen molar-refractivity contribution in [2.75, 3.05) is 25.6 Å². The number of hydrogen-bond donors (Lipinski definition) is 0. The summed E-state index contributed by atoms with van der Waals surface area (Å²) in [7, 11) is 3.32. The Balaban J connectivity index is 3.04. The second kappa shape index (κ2) is 5.42. The molecule has 3 nitrogen and oxygen atoms in total. The molecular formula is C15H23NO2. The van der Waals surface area contributed by atoms with E-state index in [4.69, 9.17) is 4.74 Å². The van der Waals surface area contributed by atoms with Gasteiger partial charge in [0.1, 0.15) is 6.54 Å². The van der Waals surface area contributed by atoms with Crippen molar-refractivity contribution in [3.05, 3.63) is 29.3 Å². The smallest absolute Gasteiger partial charge is 0.325 e. The molecule has 0 saturated heterocycles. The van der Waals surface area contributed by atoms with Crippen LogP contribution in [0, 0.1) is 6.92 Å². The zero-order chi connectivity index (χ0) is 13.9. The quantitative estimate of drug-likeness (QED) is 0.771. The number of carbonyl (C=O) groups is 1. The van der Waals surface area contributed by atoms with Crippen LogP contribution >= 0.6 is 0 Å². The first kappa shape index (κ1) is 14.6. The van der Waals surface area contributed by atoms with E-state index in [1.807, 2.05) is 11.9 Å². The maximum atomic E-state index is 11.3. The highest BCUT2D eigenvalue weighted by Crippen LogP contribution is 2.28. The summed E-state index contributed by atoms with van der Waals surface area (Å²) in [4.78, 5) is 13.3. The predicted octanol–water partition coefficient (Wildman–Crippen LogP) is 2.90. The van der Waals surface area contributed by atoms with Gasteiger partial charge in [-0.25, -0.2) is 0 Å². The molecule has 0 heterocycles. The Morgan fingerprint density at radius 2 is 1.94 bits per heavy atom. The first-order chi connectivity index (χ1) is 8.25. The number of anilines is 1. The van der Waals surface area contributed by atoms with Crippen LogP contribution in [0.5, 0.6) is 0 Å². The highest BCUT2D eigenvalue weighted by atomic mass is 16.5. The van der Waals surface area contributed by atoms with Gasteiger partial charge in [-0.2, -0.15) is 0 Å². The Bertz CT molecular complexity index is 433. The summed E-state index contributed by atoms with van der Waals surface area (Å²) in [6, 6.07) is 6.40. The van der Waals surface area contributed by atoms with Crippen LogP contribution in [0.2, 0.25) is 0 Å². The molecule has 0 aliphatic carbocycles. The molecule has 0 fully saturated rings. The third kappa shape index (κ3) is 3.49. The van der Waals surface area contributed by atoms with E-state index in [-0.39, 0.29) is 17.9 Å². The monoisotopic (exact) mass is 249 g/mol. The van der Waals surface area contributed by atoms with Crippen molar-refractivity contribution in [1.82, 2.24) is 0 Å². The normalized spacial score (nSPS) is 11.2. The Labute approximate surface area is 110 Å². The molecule has 0 N–H and O–H groups in total. The van der Waals surface area contributed by atoms with E-state index in [1.165, 1.54) is 12.7 Å². The number of nitrogens with zero attached hydrogens (tertiary/aromatic N) is 1. The van der Waals surface area contributed by atoms with Crippen molar-refractivity contribution in [3.8, 4) is 0 Å². The molecule has 0 saturated carbocycles. The average Bonchev–Trinajstić information content (AvgIpc) is 2.27. The van der Waals surface area contributed by atoms with E-state index in [0.29, 0.717) is 0 Å². The van der Waals surface area contributed by atoms with Gasteiger partial charge in [-0.3, -0.25) is 4.79 Å². The van der Waals surface area contributed by atoms with Gasteiger partial charge in [-0.15, -0.1) is 0 Å². The number of aryl methyl sites for hydroxylation is 1. The molecular weight excluding hydrogens is 226 g/mol. The minimum atomic E-state index is -0.224. The Kier molecular flexibility index (Phi) is 4.38. The summed E-state index contributed by atoms with van der Waals surface area (Å²) < 4.78 is 4.70. The predicted molar refractivity (Wildman–Crippen MR) is 75.2 cm³/mol. The summed E-state index contributed by atoms with van der Waals surface area (Å²) >= 11 is 0. The maximum absolute atomic E-state index is 11.3. The van der Waals surface area contributed by atoms with E-state index in [9.17, 15) is 4.79 Å². The highest BCUT2D eigenvalue weighted by molar-refractivity contribution is 5.76. The number of likely N-dealkylation sites (N-methyl/N-ethyl adjacent to an activating group) is 1. The summed E-state index contributed by atoms with van der Waals surface area (Å²) in [5.41, 5.74) is 3.61. The zero-order valence-corrected chi connectivity index (χ0v) is 12.2. The third-order valence-electron chi connectivity index (χ3n) is 3.08. The van der Waals surface area contributed by atoms with Gasteiger partial charge in [0.2, 0.25) is 0 Å². The summed E-state index contributed by atoms with van der Waals surface area (Å²) in [6.45, 7) is 8.87. The molecule has 1 rings (SSSR count). The van der Waals surface area contributed by atoms with Gasteiger partial charge in [0, 0.05) is 12.7 Å². The van der Waals surface area contributed by atoms with Crippen LogP contribution in [0.1, 0.15) is 31.9 Å². The molecule has 1 aromatic rings. The van der Waals surface area contributed by atoms with Crippen molar-refractivity contribution >= 4 is 11.7 Å². The molecule has 1 aromatic carbocycles. The van der Waals surface area contributed by atoms with E-state index in [0.717, 1.165) is 11.3 Å². The van der Waals surface area contributed by atoms with E-state index in [1.54, 1.807) is 0 Å². The molecule has 0 spiro atoms. The SMILES string of the molecule is COC(=O)CN(C)c1cc(C(C)(C)C)ccc1C. The molecule has 0 aliphatic heterocycles. The second-order valence-corrected chi connectivity index (χ2v) is 5.68. The summed E-state index contributed by atoms with van der Waals surface area (Å²) in [6.07, 6.45) is 0. The van der Waals surface area contributed by atoms with Gasteiger partial charge in [-0.05, 0) is 29.5 Å². The average molecular weight is 249 g/mol. The Morgan fingerprint density at radius 1 is 1.33 bits per heavy atom. The Hall–Kier alpha value is -1.51. The van der Waals surface area contributed by atoms with E-state index < -0.39 is 0 Å². The van der Waals surface area contributed by atoms with Gasteiger partial charge in [0.15, 0.2) is 0 Å². The minimum absolute atomic E-state index is 0.106. The molecule has 0 aliphatic rings. The van der Waals surface area contributed by atoms with Crippen molar-refractivity contribution in [1.29, 1.82) is 0 Å². The highest BCUT2D eigenvalue weighted by Gasteiger charge is 2.17. The number of rotatable bonds is 3. The van der Waals surface area contributed by atoms with Gasteiger partial charge >= 0.3 is 5.97 Å². The fourth-order valence-electron chi connectivity index (χ4n) is 1.83. The molecule has 0 amide bonds. The molecule has 3 heteroatoms. The minimum Gasteiger partial charge on any atom is -0.468 e. The second-order valence-electron chi connectivity index (χ2n) is 5.68. The fourth-order valence-corrected chi connectivity index (χ4v) is 1.83. The van der Waals surface area contributed by atoms with E-state index in [2.05, 4.69) is 45.9 Å². The largest absolute Gasteiger partial charge is 0.468 e. The molecule has 0 atom stereocenters. The molecule has 0 unspecified atom stereocenters. The number of benzene rings is 1. The fraction of sp³-hybridized carbons (Fsp3) is 0.533. The molecule has 0 aromatic heterocycles. The van der Waals surface area contributed by atoms with Crippen LogP contribution in [0.25, 0.3) is 0 Å². The van der Waals surface area contributed by atoms with Gasteiger partial charge < -0.3 is 9.64 Å². The summed E-state index contributed by atoms with van der Waals surface area (Å²) in [5.74, 6) is -0.224. The number of hydrogen-bond acceptors (Lipinski definition) is 3. The van der Waals surface area contributed by atoms with Crippen LogP contribution in [-0.4, -0.2) is 26.7 Å². The van der Waals surface area contributed by atoms with E-state index >= 15 is 0 Å². The van der Waals surface area contributed by atoms with Gasteiger partial charge in [0.05, 0.1) is 7.11 Å². The molecule has 18 heavy (non-hydrogen) atoms.